The van der Waals surface area contributed by atoms with Crippen molar-refractivity contribution in [2.24, 2.45) is 5.16 Å². The number of amides is 1. The number of oxime groups is 1. The highest BCUT2D eigenvalue weighted by atomic mass is 19.1. The second kappa shape index (κ2) is 7.63. The van der Waals surface area contributed by atoms with Gasteiger partial charge in [0.2, 0.25) is 6.10 Å². The van der Waals surface area contributed by atoms with Gasteiger partial charge in [0.25, 0.3) is 5.91 Å². The van der Waals surface area contributed by atoms with Crippen LogP contribution in [0.25, 0.3) is 0 Å². The molecule has 0 N–H and O–H groups in total. The minimum Gasteiger partial charge on any atom is -0.467 e. The van der Waals surface area contributed by atoms with Gasteiger partial charge in [-0.05, 0) is 37.0 Å². The Kier molecular flexibility index (Phi) is 5.31. The van der Waals surface area contributed by atoms with Gasteiger partial charge in [0.1, 0.15) is 11.9 Å². The molecule has 0 aromatic heterocycles. The van der Waals surface area contributed by atoms with Crippen LogP contribution in [-0.4, -0.2) is 48.3 Å². The van der Waals surface area contributed by atoms with E-state index in [1.54, 1.807) is 17.0 Å². The van der Waals surface area contributed by atoms with E-state index in [2.05, 4.69) is 5.16 Å². The van der Waals surface area contributed by atoms with Crippen LogP contribution in [-0.2, 0) is 25.6 Å². The predicted molar refractivity (Wildman–Crippen MR) is 88.4 cm³/mol. The van der Waals surface area contributed by atoms with E-state index in [1.165, 1.54) is 19.2 Å². The first-order valence-corrected chi connectivity index (χ1v) is 8.43. The number of esters is 1. The molecule has 6 nitrogen and oxygen atoms in total. The standard InChI is InChI=1S/C18H21FN2O4/c1-24-18(23)15-4-2-3-9-21(15)17(22)16-11-14(20-25-16)10-12-5-7-13(19)8-6-12/h5-8,15-16H,2-4,9-11H2,1H3. The summed E-state index contributed by atoms with van der Waals surface area (Å²) in [6.45, 7) is 0.520. The van der Waals surface area contributed by atoms with E-state index >= 15 is 0 Å². The van der Waals surface area contributed by atoms with E-state index in [-0.39, 0.29) is 11.7 Å². The molecule has 1 saturated heterocycles. The summed E-state index contributed by atoms with van der Waals surface area (Å²) in [6, 6.07) is 5.61. The largest absolute Gasteiger partial charge is 0.467 e. The highest BCUT2D eigenvalue weighted by Gasteiger charge is 2.39. The molecule has 3 rings (SSSR count). The average Bonchev–Trinajstić information content (AvgIpc) is 3.11. The van der Waals surface area contributed by atoms with E-state index < -0.39 is 18.1 Å². The van der Waals surface area contributed by atoms with Gasteiger partial charge >= 0.3 is 5.97 Å². The molecule has 1 aromatic carbocycles. The van der Waals surface area contributed by atoms with Crippen LogP contribution in [0.4, 0.5) is 4.39 Å². The summed E-state index contributed by atoms with van der Waals surface area (Å²) in [4.78, 5) is 31.5. The molecule has 1 amide bonds. The fraction of sp³-hybridized carbons (Fsp3) is 0.500. The summed E-state index contributed by atoms with van der Waals surface area (Å²) in [5.74, 6) is -0.910. The first-order valence-electron chi connectivity index (χ1n) is 8.43. The Hall–Kier alpha value is -2.44. The molecule has 1 fully saturated rings. The first-order chi connectivity index (χ1) is 12.1. The van der Waals surface area contributed by atoms with Crippen LogP contribution in [0.3, 0.4) is 0 Å². The predicted octanol–water partition coefficient (Wildman–Crippen LogP) is 2.07. The number of carbonyl (C=O) groups is 2. The van der Waals surface area contributed by atoms with Crippen molar-refractivity contribution >= 4 is 17.6 Å². The van der Waals surface area contributed by atoms with Crippen LogP contribution in [0.5, 0.6) is 0 Å². The fourth-order valence-electron chi connectivity index (χ4n) is 3.26. The number of piperidine rings is 1. The summed E-state index contributed by atoms with van der Waals surface area (Å²) in [7, 11) is 1.33. The Morgan fingerprint density at radius 3 is 2.80 bits per heavy atom. The smallest absolute Gasteiger partial charge is 0.328 e. The molecule has 2 heterocycles. The molecule has 2 aliphatic heterocycles. The SMILES string of the molecule is COC(=O)C1CCCCN1C(=O)C1CC(Cc2ccc(F)cc2)=NO1. The van der Waals surface area contributed by atoms with E-state index in [0.717, 1.165) is 24.1 Å². The highest BCUT2D eigenvalue weighted by molar-refractivity contribution is 5.95. The lowest BCUT2D eigenvalue weighted by atomic mass is 9.99. The number of methoxy groups -OCH3 is 1. The number of hydrogen-bond acceptors (Lipinski definition) is 5. The van der Waals surface area contributed by atoms with E-state index in [9.17, 15) is 14.0 Å². The van der Waals surface area contributed by atoms with Gasteiger partial charge in [0.15, 0.2) is 0 Å². The van der Waals surface area contributed by atoms with Gasteiger partial charge in [-0.1, -0.05) is 17.3 Å². The summed E-state index contributed by atoms with van der Waals surface area (Å²) < 4.78 is 17.8. The van der Waals surface area contributed by atoms with Crippen molar-refractivity contribution in [3.05, 3.63) is 35.6 Å². The molecule has 0 saturated carbocycles. The van der Waals surface area contributed by atoms with Crippen molar-refractivity contribution in [2.75, 3.05) is 13.7 Å². The van der Waals surface area contributed by atoms with Gasteiger partial charge in [-0.25, -0.2) is 9.18 Å². The molecule has 0 radical (unpaired) electrons. The Labute approximate surface area is 145 Å². The lowest BCUT2D eigenvalue weighted by molar-refractivity contribution is -0.159. The van der Waals surface area contributed by atoms with Gasteiger partial charge in [0, 0.05) is 19.4 Å². The molecule has 0 bridgehead atoms. The second-order valence-electron chi connectivity index (χ2n) is 6.33. The van der Waals surface area contributed by atoms with Gasteiger partial charge in [-0.2, -0.15) is 0 Å². The molecular weight excluding hydrogens is 327 g/mol. The number of ether oxygens (including phenoxy) is 1. The normalized spacial score (nSPS) is 23.0. The Morgan fingerprint density at radius 1 is 1.32 bits per heavy atom. The summed E-state index contributed by atoms with van der Waals surface area (Å²) in [5.41, 5.74) is 1.64. The first kappa shape index (κ1) is 17.4. The van der Waals surface area contributed by atoms with Crippen molar-refractivity contribution < 1.29 is 23.6 Å². The molecule has 0 aliphatic carbocycles. The lowest BCUT2D eigenvalue weighted by Crippen LogP contribution is -2.51. The maximum atomic E-state index is 13.0. The summed E-state index contributed by atoms with van der Waals surface area (Å²) >= 11 is 0. The number of benzene rings is 1. The molecule has 25 heavy (non-hydrogen) atoms. The molecular formula is C18H21FN2O4. The summed E-state index contributed by atoms with van der Waals surface area (Å²) in [6.07, 6.45) is 2.52. The average molecular weight is 348 g/mol. The maximum Gasteiger partial charge on any atom is 0.328 e. The fourth-order valence-corrected chi connectivity index (χ4v) is 3.26. The molecule has 2 aliphatic rings. The van der Waals surface area contributed by atoms with Crippen LogP contribution in [0.1, 0.15) is 31.2 Å². The molecule has 1 aromatic rings. The lowest BCUT2D eigenvalue weighted by Gasteiger charge is -2.34. The number of carbonyl (C=O) groups excluding carboxylic acids is 2. The number of halogens is 1. The Morgan fingerprint density at radius 2 is 2.08 bits per heavy atom. The van der Waals surface area contributed by atoms with E-state index in [1.807, 2.05) is 0 Å². The van der Waals surface area contributed by atoms with Gasteiger partial charge in [0.05, 0.1) is 12.8 Å². The Balaban J connectivity index is 1.60. The minimum absolute atomic E-state index is 0.229. The minimum atomic E-state index is -0.708. The van der Waals surface area contributed by atoms with Crippen molar-refractivity contribution in [1.82, 2.24) is 4.90 Å². The number of hydrogen-bond donors (Lipinski definition) is 0. The van der Waals surface area contributed by atoms with Crippen molar-refractivity contribution in [3.63, 3.8) is 0 Å². The second-order valence-corrected chi connectivity index (χ2v) is 6.33. The third-order valence-electron chi connectivity index (χ3n) is 4.59. The van der Waals surface area contributed by atoms with Crippen molar-refractivity contribution in [1.29, 1.82) is 0 Å². The highest BCUT2D eigenvalue weighted by Crippen LogP contribution is 2.23. The molecule has 2 unspecified atom stereocenters. The van der Waals surface area contributed by atoms with E-state index in [4.69, 9.17) is 9.57 Å². The quantitative estimate of drug-likeness (QED) is 0.781. The van der Waals surface area contributed by atoms with Crippen LogP contribution in [0, 0.1) is 5.82 Å². The Bertz CT molecular complexity index is 674. The number of nitrogens with zero attached hydrogens (tertiary/aromatic N) is 2. The zero-order valence-electron chi connectivity index (χ0n) is 14.1. The summed E-state index contributed by atoms with van der Waals surface area (Å²) in [5, 5.41) is 4.00. The van der Waals surface area contributed by atoms with Crippen molar-refractivity contribution in [3.8, 4) is 0 Å². The van der Waals surface area contributed by atoms with Gasteiger partial charge < -0.3 is 14.5 Å². The number of likely N-dealkylation sites (tertiary alicyclic amines) is 1. The monoisotopic (exact) mass is 348 g/mol. The van der Waals surface area contributed by atoms with Crippen LogP contribution < -0.4 is 0 Å². The molecule has 2 atom stereocenters. The van der Waals surface area contributed by atoms with Crippen molar-refractivity contribution in [2.45, 2.75) is 44.2 Å². The topological polar surface area (TPSA) is 68.2 Å². The van der Waals surface area contributed by atoms with Crippen LogP contribution in [0.15, 0.2) is 29.4 Å². The van der Waals surface area contributed by atoms with E-state index in [0.29, 0.717) is 25.8 Å². The third-order valence-corrected chi connectivity index (χ3v) is 4.59. The molecule has 0 spiro atoms. The molecule has 7 heteroatoms. The zero-order valence-corrected chi connectivity index (χ0v) is 14.1. The van der Waals surface area contributed by atoms with Crippen LogP contribution in [0.2, 0.25) is 0 Å². The third kappa shape index (κ3) is 3.97. The maximum absolute atomic E-state index is 13.0. The number of rotatable bonds is 4. The zero-order chi connectivity index (χ0) is 17.8. The van der Waals surface area contributed by atoms with Crippen LogP contribution >= 0.6 is 0 Å². The van der Waals surface area contributed by atoms with Gasteiger partial charge in [-0.3, -0.25) is 4.79 Å². The molecule has 134 valence electrons. The van der Waals surface area contributed by atoms with Gasteiger partial charge in [-0.15, -0.1) is 0 Å².